The fourth-order valence-corrected chi connectivity index (χ4v) is 2.38. The lowest BCUT2D eigenvalue weighted by molar-refractivity contribution is 0.145. The van der Waals surface area contributed by atoms with E-state index in [4.69, 9.17) is 10.6 Å². The van der Waals surface area contributed by atoms with E-state index in [0.29, 0.717) is 5.96 Å². The first-order valence-electron chi connectivity index (χ1n) is 7.10. The Morgan fingerprint density at radius 2 is 2.28 bits per heavy atom. The maximum Gasteiger partial charge on any atom is 0.205 e. The van der Waals surface area contributed by atoms with E-state index in [9.17, 15) is 0 Å². The van der Waals surface area contributed by atoms with Gasteiger partial charge in [-0.05, 0) is 31.6 Å². The molecule has 0 radical (unpaired) electrons. The van der Waals surface area contributed by atoms with Crippen LogP contribution < -0.4 is 16.6 Å². The number of nitrogens with one attached hydrogen (secondary N) is 2. The number of rotatable bonds is 7. The zero-order valence-corrected chi connectivity index (χ0v) is 11.7. The molecule has 0 aliphatic heterocycles. The second-order valence-corrected chi connectivity index (χ2v) is 4.98. The normalized spacial score (nSPS) is 24.3. The molecule has 4 N–H and O–H groups in total. The Balaban J connectivity index is 2.18. The zero-order valence-electron chi connectivity index (χ0n) is 11.7. The highest BCUT2D eigenvalue weighted by molar-refractivity contribution is 5.79. The number of nitrogens with two attached hydrogens (primary N) is 1. The molecule has 2 atom stereocenters. The molecule has 0 heterocycles. The van der Waals surface area contributed by atoms with Gasteiger partial charge in [-0.1, -0.05) is 19.8 Å². The van der Waals surface area contributed by atoms with Crippen LogP contribution in [0.1, 0.15) is 39.5 Å². The lowest BCUT2D eigenvalue weighted by Crippen LogP contribution is -2.42. The van der Waals surface area contributed by atoms with Crippen molar-refractivity contribution in [2.45, 2.75) is 39.5 Å². The van der Waals surface area contributed by atoms with Crippen LogP contribution in [0.25, 0.3) is 0 Å². The standard InChI is InChI=1S/C13H28N4O/c1-3-18-9-5-8-15-13(17-14)16-10-12-7-4-6-11(12)2/h11-12H,3-10,14H2,1-2H3,(H2,15,16,17). The third-order valence-electron chi connectivity index (χ3n) is 3.62. The predicted octanol–water partition coefficient (Wildman–Crippen LogP) is 1.26. The summed E-state index contributed by atoms with van der Waals surface area (Å²) in [5.74, 6) is 7.68. The Hall–Kier alpha value is -0.810. The van der Waals surface area contributed by atoms with Crippen molar-refractivity contribution in [3.63, 3.8) is 0 Å². The van der Waals surface area contributed by atoms with Crippen molar-refractivity contribution in [1.82, 2.24) is 10.7 Å². The minimum atomic E-state index is 0.700. The Morgan fingerprint density at radius 3 is 2.89 bits per heavy atom. The van der Waals surface area contributed by atoms with Crippen LogP contribution >= 0.6 is 0 Å². The molecule has 18 heavy (non-hydrogen) atoms. The molecule has 0 saturated heterocycles. The molecule has 1 aliphatic rings. The van der Waals surface area contributed by atoms with Crippen molar-refractivity contribution in [3.05, 3.63) is 0 Å². The van der Waals surface area contributed by atoms with Crippen LogP contribution in [-0.4, -0.2) is 32.3 Å². The van der Waals surface area contributed by atoms with Crippen molar-refractivity contribution >= 4 is 5.96 Å². The molecule has 5 heteroatoms. The van der Waals surface area contributed by atoms with E-state index in [1.165, 1.54) is 19.3 Å². The molecule has 0 bridgehead atoms. The van der Waals surface area contributed by atoms with Gasteiger partial charge in [0.25, 0.3) is 0 Å². The summed E-state index contributed by atoms with van der Waals surface area (Å²) in [6.07, 6.45) is 4.95. The molecule has 2 unspecified atom stereocenters. The maximum absolute atomic E-state index is 5.46. The van der Waals surface area contributed by atoms with E-state index >= 15 is 0 Å². The van der Waals surface area contributed by atoms with E-state index in [1.54, 1.807) is 0 Å². The Morgan fingerprint density at radius 1 is 1.44 bits per heavy atom. The van der Waals surface area contributed by atoms with Crippen LogP contribution in [0, 0.1) is 11.8 Å². The number of nitrogens with zero attached hydrogens (tertiary/aromatic N) is 1. The number of hydrazine groups is 1. The first-order chi connectivity index (χ1) is 8.77. The summed E-state index contributed by atoms with van der Waals surface area (Å²) in [5.41, 5.74) is 2.63. The van der Waals surface area contributed by atoms with Gasteiger partial charge >= 0.3 is 0 Å². The molecule has 0 spiro atoms. The van der Waals surface area contributed by atoms with Crippen molar-refractivity contribution < 1.29 is 4.74 Å². The van der Waals surface area contributed by atoms with Crippen molar-refractivity contribution in [1.29, 1.82) is 0 Å². The van der Waals surface area contributed by atoms with Gasteiger partial charge in [0.1, 0.15) is 0 Å². The van der Waals surface area contributed by atoms with E-state index < -0.39 is 0 Å². The Kier molecular flexibility index (Phi) is 7.76. The summed E-state index contributed by atoms with van der Waals surface area (Å²) in [6.45, 7) is 7.59. The van der Waals surface area contributed by atoms with E-state index in [0.717, 1.165) is 44.6 Å². The van der Waals surface area contributed by atoms with Gasteiger partial charge in [0.15, 0.2) is 0 Å². The molecule has 1 aliphatic carbocycles. The average Bonchev–Trinajstić information content (AvgIpc) is 2.78. The van der Waals surface area contributed by atoms with Gasteiger partial charge in [0.05, 0.1) is 0 Å². The minimum Gasteiger partial charge on any atom is -0.382 e. The summed E-state index contributed by atoms with van der Waals surface area (Å²) in [6, 6.07) is 0. The number of hydrogen-bond donors (Lipinski definition) is 3. The summed E-state index contributed by atoms with van der Waals surface area (Å²) in [5, 5.41) is 3.20. The topological polar surface area (TPSA) is 71.7 Å². The summed E-state index contributed by atoms with van der Waals surface area (Å²) >= 11 is 0. The molecule has 1 saturated carbocycles. The van der Waals surface area contributed by atoms with E-state index in [1.807, 2.05) is 6.92 Å². The van der Waals surface area contributed by atoms with Gasteiger partial charge in [-0.2, -0.15) is 0 Å². The minimum absolute atomic E-state index is 0.700. The number of hydrogen-bond acceptors (Lipinski definition) is 3. The van der Waals surface area contributed by atoms with Gasteiger partial charge in [0, 0.05) is 26.3 Å². The third kappa shape index (κ3) is 5.69. The summed E-state index contributed by atoms with van der Waals surface area (Å²) in [4.78, 5) is 4.52. The highest BCUT2D eigenvalue weighted by atomic mass is 16.5. The molecule has 106 valence electrons. The van der Waals surface area contributed by atoms with Crippen LogP contribution in [0.3, 0.4) is 0 Å². The Bertz CT molecular complexity index is 245. The molecular formula is C13H28N4O. The monoisotopic (exact) mass is 256 g/mol. The molecule has 0 amide bonds. The number of ether oxygens (including phenoxy) is 1. The summed E-state index contributed by atoms with van der Waals surface area (Å²) in [7, 11) is 0. The largest absolute Gasteiger partial charge is 0.382 e. The van der Waals surface area contributed by atoms with E-state index in [-0.39, 0.29) is 0 Å². The molecule has 0 aromatic heterocycles. The quantitative estimate of drug-likeness (QED) is 0.211. The van der Waals surface area contributed by atoms with Gasteiger partial charge in [-0.3, -0.25) is 10.4 Å². The molecule has 5 nitrogen and oxygen atoms in total. The van der Waals surface area contributed by atoms with Gasteiger partial charge in [-0.25, -0.2) is 5.84 Å². The smallest absolute Gasteiger partial charge is 0.205 e. The van der Waals surface area contributed by atoms with Crippen molar-refractivity contribution in [3.8, 4) is 0 Å². The first-order valence-corrected chi connectivity index (χ1v) is 7.10. The zero-order chi connectivity index (χ0) is 13.2. The fraction of sp³-hybridized carbons (Fsp3) is 0.923. The number of guanidine groups is 1. The van der Waals surface area contributed by atoms with Crippen LogP contribution in [0.15, 0.2) is 4.99 Å². The highest BCUT2D eigenvalue weighted by Gasteiger charge is 2.22. The lowest BCUT2D eigenvalue weighted by atomic mass is 9.99. The van der Waals surface area contributed by atoms with Crippen LogP contribution in [-0.2, 0) is 4.74 Å². The second-order valence-electron chi connectivity index (χ2n) is 4.98. The fourth-order valence-electron chi connectivity index (χ4n) is 2.38. The van der Waals surface area contributed by atoms with Gasteiger partial charge < -0.3 is 10.1 Å². The molecular weight excluding hydrogens is 228 g/mol. The maximum atomic E-state index is 5.46. The highest BCUT2D eigenvalue weighted by Crippen LogP contribution is 2.31. The van der Waals surface area contributed by atoms with Crippen LogP contribution in [0.5, 0.6) is 0 Å². The average molecular weight is 256 g/mol. The summed E-state index contributed by atoms with van der Waals surface area (Å²) < 4.78 is 5.27. The first kappa shape index (κ1) is 15.2. The molecule has 1 rings (SSSR count). The molecule has 0 aromatic rings. The van der Waals surface area contributed by atoms with Gasteiger partial charge in [-0.15, -0.1) is 0 Å². The molecule has 1 fully saturated rings. The number of aliphatic imine (C=N–C) groups is 1. The molecule has 0 aromatic carbocycles. The van der Waals surface area contributed by atoms with Crippen LogP contribution in [0.4, 0.5) is 0 Å². The van der Waals surface area contributed by atoms with Gasteiger partial charge in [0.2, 0.25) is 5.96 Å². The SMILES string of the molecule is CCOCCCNC(=NCC1CCCC1C)NN. The van der Waals surface area contributed by atoms with Crippen LogP contribution in [0.2, 0.25) is 0 Å². The second kappa shape index (κ2) is 9.16. The van der Waals surface area contributed by atoms with Crippen molar-refractivity contribution in [2.24, 2.45) is 22.7 Å². The third-order valence-corrected chi connectivity index (χ3v) is 3.62. The Labute approximate surface area is 111 Å². The lowest BCUT2D eigenvalue weighted by Gasteiger charge is -2.14. The predicted molar refractivity (Wildman–Crippen MR) is 75.2 cm³/mol. The van der Waals surface area contributed by atoms with Crippen molar-refractivity contribution in [2.75, 3.05) is 26.3 Å². The van der Waals surface area contributed by atoms with E-state index in [2.05, 4.69) is 22.7 Å².